The van der Waals surface area contributed by atoms with Gasteiger partial charge in [0.15, 0.2) is 8.32 Å². The van der Waals surface area contributed by atoms with E-state index in [1.54, 1.807) is 11.1 Å². The molecule has 0 saturated heterocycles. The normalized spacial score (nSPS) is 37.7. The molecule has 0 aromatic rings. The van der Waals surface area contributed by atoms with Gasteiger partial charge in [0.05, 0.1) is 6.10 Å². The summed E-state index contributed by atoms with van der Waals surface area (Å²) in [7, 11) is -1.80. The Kier molecular flexibility index (Phi) is 7.78. The minimum absolute atomic E-state index is 0.196. The molecule has 0 bridgehead atoms. The molecule has 32 heavy (non-hydrogen) atoms. The molecule has 0 aromatic heterocycles. The monoisotopic (exact) mass is 456 g/mol. The highest BCUT2D eigenvalue weighted by atomic mass is 28.4. The van der Waals surface area contributed by atoms with Gasteiger partial charge in [0.25, 0.3) is 0 Å². The fourth-order valence-corrected chi connectivity index (χ4v) is 8.10. The lowest BCUT2D eigenvalue weighted by molar-refractivity contribution is 0.0961. The molecule has 3 aliphatic carbocycles. The van der Waals surface area contributed by atoms with Crippen molar-refractivity contribution in [3.05, 3.63) is 35.5 Å². The van der Waals surface area contributed by atoms with Crippen LogP contribution in [0.3, 0.4) is 0 Å². The summed E-state index contributed by atoms with van der Waals surface area (Å²) in [6.07, 6.45) is 15.7. The van der Waals surface area contributed by atoms with Crippen molar-refractivity contribution < 1.29 is 4.43 Å². The van der Waals surface area contributed by atoms with Crippen molar-refractivity contribution in [1.82, 2.24) is 0 Å². The van der Waals surface area contributed by atoms with Gasteiger partial charge in [-0.05, 0) is 97.7 Å². The van der Waals surface area contributed by atoms with Crippen molar-refractivity contribution in [2.24, 2.45) is 29.1 Å². The van der Waals surface area contributed by atoms with E-state index in [0.717, 1.165) is 30.6 Å². The average Bonchev–Trinajstić information content (AvgIpc) is 3.05. The summed E-state index contributed by atoms with van der Waals surface area (Å²) >= 11 is 0. The van der Waals surface area contributed by atoms with E-state index in [-0.39, 0.29) is 11.1 Å². The number of hydrogen-bond donors (Lipinski definition) is 0. The first-order valence-corrected chi connectivity index (χ1v) is 16.5. The van der Waals surface area contributed by atoms with E-state index in [1.165, 1.54) is 44.1 Å². The van der Waals surface area contributed by atoms with E-state index in [4.69, 9.17) is 4.43 Å². The third-order valence-corrected chi connectivity index (χ3v) is 14.7. The Morgan fingerprint density at radius 1 is 1.19 bits per heavy atom. The van der Waals surface area contributed by atoms with Gasteiger partial charge in [0.2, 0.25) is 0 Å². The summed E-state index contributed by atoms with van der Waals surface area (Å²) in [5, 5.41) is 0.237. The Balaban J connectivity index is 1.78. The second-order valence-corrected chi connectivity index (χ2v) is 18.1. The third-order valence-electron chi connectivity index (χ3n) is 10.2. The van der Waals surface area contributed by atoms with Gasteiger partial charge in [-0.1, -0.05) is 84.8 Å². The fraction of sp³-hybridized carbons (Fsp3) is 0.800. The molecule has 3 saturated carbocycles. The van der Waals surface area contributed by atoms with E-state index in [9.17, 15) is 0 Å². The predicted octanol–water partition coefficient (Wildman–Crippen LogP) is 9.48. The molecule has 0 heterocycles. The zero-order valence-electron chi connectivity index (χ0n) is 22.8. The molecular formula is C30H52OSi. The Labute approximate surface area is 201 Å². The highest BCUT2D eigenvalue weighted by Gasteiger charge is 2.50. The lowest BCUT2D eigenvalue weighted by atomic mass is 9.61. The molecular weight excluding hydrogens is 404 g/mol. The van der Waals surface area contributed by atoms with Gasteiger partial charge in [-0.2, -0.15) is 0 Å². The lowest BCUT2D eigenvalue weighted by Crippen LogP contribution is -2.45. The Bertz CT molecular complexity index is 751. The van der Waals surface area contributed by atoms with Crippen LogP contribution in [0.25, 0.3) is 0 Å². The Morgan fingerprint density at radius 2 is 1.88 bits per heavy atom. The number of fused-ring (bicyclic) bond motifs is 1. The molecule has 182 valence electrons. The first-order chi connectivity index (χ1) is 14.8. The first kappa shape index (κ1) is 26.0. The number of rotatable bonds is 5. The van der Waals surface area contributed by atoms with Crippen molar-refractivity contribution in [3.63, 3.8) is 0 Å². The van der Waals surface area contributed by atoms with E-state index < -0.39 is 8.32 Å². The zero-order chi connectivity index (χ0) is 23.9. The lowest BCUT2D eigenvalue weighted by Gasteiger charge is -2.44. The van der Waals surface area contributed by atoms with Crippen molar-refractivity contribution >= 4 is 8.32 Å². The molecule has 0 N–H and O–H groups in total. The highest BCUT2D eigenvalue weighted by Crippen LogP contribution is 2.59. The molecule has 0 aliphatic heterocycles. The minimum Gasteiger partial charge on any atom is -0.410 e. The Morgan fingerprint density at radius 3 is 2.50 bits per heavy atom. The second-order valence-electron chi connectivity index (χ2n) is 13.3. The van der Waals surface area contributed by atoms with Crippen LogP contribution in [0.2, 0.25) is 18.1 Å². The summed E-state index contributed by atoms with van der Waals surface area (Å²) in [5.74, 6) is 3.10. The van der Waals surface area contributed by atoms with Crippen LogP contribution in [-0.2, 0) is 4.43 Å². The third kappa shape index (κ3) is 5.07. The van der Waals surface area contributed by atoms with Crippen LogP contribution < -0.4 is 0 Å². The molecule has 0 amide bonds. The van der Waals surface area contributed by atoms with Crippen LogP contribution in [0, 0.1) is 29.1 Å². The van der Waals surface area contributed by atoms with Crippen molar-refractivity contribution in [2.75, 3.05) is 0 Å². The maximum absolute atomic E-state index is 6.86. The second kappa shape index (κ2) is 9.57. The summed E-state index contributed by atoms with van der Waals surface area (Å²) < 4.78 is 6.86. The van der Waals surface area contributed by atoms with Gasteiger partial charge in [-0.25, -0.2) is 0 Å². The number of hydrogen-bond acceptors (Lipinski definition) is 1. The van der Waals surface area contributed by atoms with Crippen molar-refractivity contribution in [3.8, 4) is 0 Å². The summed E-state index contributed by atoms with van der Waals surface area (Å²) in [6.45, 7) is 26.1. The SMILES string of the molecule is C=C1[C@H](C)C/C(=C/C=C2\CCC[C@]3(C)[C@@H]([C@@H](C)CC)CC[C@@H]23)C[C@H]1O[Si](C)(C)C(C)(C)C. The largest absolute Gasteiger partial charge is 0.410 e. The van der Waals surface area contributed by atoms with E-state index in [2.05, 4.69) is 80.3 Å². The topological polar surface area (TPSA) is 9.23 Å². The predicted molar refractivity (Wildman–Crippen MR) is 143 cm³/mol. The molecule has 2 heteroatoms. The number of allylic oxidation sites excluding steroid dienone is 3. The van der Waals surface area contributed by atoms with Gasteiger partial charge < -0.3 is 4.43 Å². The summed E-state index contributed by atoms with van der Waals surface area (Å²) in [4.78, 5) is 0. The van der Waals surface area contributed by atoms with Crippen LogP contribution in [0.1, 0.15) is 99.8 Å². The molecule has 6 atom stereocenters. The maximum Gasteiger partial charge on any atom is 0.192 e. The molecule has 3 rings (SSSR count). The minimum atomic E-state index is -1.80. The first-order valence-electron chi connectivity index (χ1n) is 13.5. The Hall–Kier alpha value is -0.603. The standard InChI is InChI=1S/C30H52OSi/c1-11-21(2)26-16-17-27-25(13-12-18-30(26,27)8)15-14-24-19-22(3)23(4)28(20-24)31-32(9,10)29(5,6)7/h14-15,21-22,26-28H,4,11-13,16-20H2,1-3,5-10H3/b24-14-,25-15+/t21-,22+,26+,27-,28+,30+/m0/s1. The molecule has 3 aliphatic rings. The fourth-order valence-electron chi connectivity index (χ4n) is 6.80. The van der Waals surface area contributed by atoms with Crippen molar-refractivity contribution in [1.29, 1.82) is 0 Å². The van der Waals surface area contributed by atoms with Crippen LogP contribution >= 0.6 is 0 Å². The van der Waals surface area contributed by atoms with Gasteiger partial charge in [0, 0.05) is 0 Å². The van der Waals surface area contributed by atoms with Gasteiger partial charge in [0.1, 0.15) is 0 Å². The van der Waals surface area contributed by atoms with E-state index >= 15 is 0 Å². The molecule has 1 nitrogen and oxygen atoms in total. The molecule has 0 radical (unpaired) electrons. The van der Waals surface area contributed by atoms with Gasteiger partial charge in [-0.3, -0.25) is 0 Å². The molecule has 0 unspecified atom stereocenters. The van der Waals surface area contributed by atoms with Crippen LogP contribution in [0.15, 0.2) is 35.5 Å². The summed E-state index contributed by atoms with van der Waals surface area (Å²) in [6, 6.07) is 0. The van der Waals surface area contributed by atoms with Crippen LogP contribution in [0.4, 0.5) is 0 Å². The zero-order valence-corrected chi connectivity index (χ0v) is 23.8. The molecule has 0 aromatic carbocycles. The maximum atomic E-state index is 6.86. The van der Waals surface area contributed by atoms with Crippen molar-refractivity contribution in [2.45, 2.75) is 124 Å². The van der Waals surface area contributed by atoms with Gasteiger partial charge >= 0.3 is 0 Å². The van der Waals surface area contributed by atoms with Gasteiger partial charge in [-0.15, -0.1) is 0 Å². The molecule has 3 fully saturated rings. The average molecular weight is 457 g/mol. The summed E-state index contributed by atoms with van der Waals surface area (Å²) in [5.41, 5.74) is 5.16. The van der Waals surface area contributed by atoms with E-state index in [0.29, 0.717) is 11.3 Å². The van der Waals surface area contributed by atoms with Crippen LogP contribution in [-0.4, -0.2) is 14.4 Å². The van der Waals surface area contributed by atoms with Crippen LogP contribution in [0.5, 0.6) is 0 Å². The molecule has 0 spiro atoms. The smallest absolute Gasteiger partial charge is 0.192 e. The quantitative estimate of drug-likeness (QED) is 0.295. The highest BCUT2D eigenvalue weighted by molar-refractivity contribution is 6.74. The van der Waals surface area contributed by atoms with E-state index in [1.807, 2.05) is 0 Å².